The number of aldehydes is 1. The second kappa shape index (κ2) is 21.5. The summed E-state index contributed by atoms with van der Waals surface area (Å²) in [6.07, 6.45) is -4.34. The van der Waals surface area contributed by atoms with E-state index in [0.29, 0.717) is 0 Å². The molecule has 0 bridgehead atoms. The number of guanidine groups is 2. The average Bonchev–Trinajstić information content (AvgIpc) is 3.41. The lowest BCUT2D eigenvalue weighted by molar-refractivity contribution is -0.323. The minimum absolute atomic E-state index is 0.0616. The minimum Gasteiger partial charge on any atom is -0.394 e. The van der Waals surface area contributed by atoms with Gasteiger partial charge in [-0.3, -0.25) is 15.6 Å². The van der Waals surface area contributed by atoms with Crippen molar-refractivity contribution in [2.75, 3.05) is 19.8 Å². The van der Waals surface area contributed by atoms with Gasteiger partial charge in [-0.2, -0.15) is 0 Å². The number of carbonyl (C=O) groups is 1. The van der Waals surface area contributed by atoms with Gasteiger partial charge in [-0.1, -0.05) is 35.8 Å². The zero-order chi connectivity index (χ0) is 41.9. The van der Waals surface area contributed by atoms with Crippen LogP contribution in [0.3, 0.4) is 0 Å². The van der Waals surface area contributed by atoms with Gasteiger partial charge < -0.3 is 76.8 Å². The molecule has 3 aliphatic rings. The van der Waals surface area contributed by atoms with Crippen molar-refractivity contribution in [1.82, 2.24) is 10.6 Å². The molecular formula is C37H63N7O12. The molecule has 15 unspecified atom stereocenters. The molecule has 2 aliphatic heterocycles. The molecule has 0 spiro atoms. The Morgan fingerprint density at radius 1 is 0.875 bits per heavy atom. The maximum absolute atomic E-state index is 12.4. The second-order valence-corrected chi connectivity index (χ2v) is 15.1. The van der Waals surface area contributed by atoms with Crippen molar-refractivity contribution in [3.05, 3.63) is 34.9 Å². The lowest BCUT2D eigenvalue weighted by Crippen LogP contribution is -2.71. The van der Waals surface area contributed by atoms with Crippen molar-refractivity contribution in [3.63, 3.8) is 0 Å². The van der Waals surface area contributed by atoms with Crippen molar-refractivity contribution in [3.8, 4) is 0 Å². The van der Waals surface area contributed by atoms with Gasteiger partial charge in [0.2, 0.25) is 5.96 Å². The van der Waals surface area contributed by atoms with Crippen LogP contribution in [0.25, 0.3) is 0 Å². The van der Waals surface area contributed by atoms with Crippen LogP contribution in [0.4, 0.5) is 0 Å². The van der Waals surface area contributed by atoms with E-state index in [2.05, 4.69) is 48.5 Å². The van der Waals surface area contributed by atoms with Crippen LogP contribution in [0.2, 0.25) is 0 Å². The van der Waals surface area contributed by atoms with Crippen molar-refractivity contribution in [2.45, 2.75) is 139 Å². The number of aliphatic hydroxyl groups excluding tert-OH is 6. The zero-order valence-electron chi connectivity index (χ0n) is 32.7. The first kappa shape index (κ1) is 47.2. The van der Waals surface area contributed by atoms with Crippen LogP contribution in [0.1, 0.15) is 60.3 Å². The molecule has 0 aromatic rings. The monoisotopic (exact) mass is 797 g/mol. The Bertz CT molecular complexity index is 1440. The molecule has 15 N–H and O–H groups in total. The van der Waals surface area contributed by atoms with Gasteiger partial charge in [0, 0.05) is 18.7 Å². The molecule has 2 heterocycles. The number of nitrogens with one attached hydrogen (secondary N) is 4. The highest BCUT2D eigenvalue weighted by molar-refractivity contribution is 5.89. The summed E-state index contributed by atoms with van der Waals surface area (Å²) in [6.45, 7) is 7.84. The van der Waals surface area contributed by atoms with Crippen LogP contribution < -0.4 is 22.1 Å². The number of aliphatic hydroxyl groups is 7. The summed E-state index contributed by atoms with van der Waals surface area (Å²) in [5, 5.41) is 97.1. The molecule has 0 aromatic heterocycles. The van der Waals surface area contributed by atoms with Gasteiger partial charge in [-0.25, -0.2) is 4.99 Å². The van der Waals surface area contributed by atoms with Crippen molar-refractivity contribution < 1.29 is 59.5 Å². The van der Waals surface area contributed by atoms with Gasteiger partial charge in [0.1, 0.15) is 30.5 Å². The Labute approximate surface area is 327 Å². The van der Waals surface area contributed by atoms with E-state index in [-0.39, 0.29) is 18.8 Å². The summed E-state index contributed by atoms with van der Waals surface area (Å²) in [6, 6.07) is -2.40. The fourth-order valence-corrected chi connectivity index (χ4v) is 7.11. The van der Waals surface area contributed by atoms with E-state index < -0.39 is 110 Å². The number of rotatable bonds is 17. The van der Waals surface area contributed by atoms with Gasteiger partial charge >= 0.3 is 0 Å². The lowest BCUT2D eigenvalue weighted by Gasteiger charge is -2.48. The van der Waals surface area contributed by atoms with Crippen molar-refractivity contribution in [2.24, 2.45) is 28.3 Å². The Hall–Kier alpha value is -3.18. The van der Waals surface area contributed by atoms with E-state index in [1.165, 1.54) is 17.4 Å². The predicted molar refractivity (Wildman–Crippen MR) is 205 cm³/mol. The van der Waals surface area contributed by atoms with Crippen molar-refractivity contribution in [1.29, 1.82) is 10.8 Å². The molecule has 3 fully saturated rings. The van der Waals surface area contributed by atoms with E-state index in [4.69, 9.17) is 41.2 Å². The third-order valence-electron chi connectivity index (χ3n) is 10.6. The predicted octanol–water partition coefficient (Wildman–Crippen LogP) is -1.98. The van der Waals surface area contributed by atoms with E-state index in [1.54, 1.807) is 13.0 Å². The van der Waals surface area contributed by atoms with Gasteiger partial charge in [0.25, 0.3) is 0 Å². The Balaban J connectivity index is 1.78. The highest BCUT2D eigenvalue weighted by Crippen LogP contribution is 2.39. The number of nitrogens with two attached hydrogens (primary N) is 2. The molecule has 0 aromatic carbocycles. The van der Waals surface area contributed by atoms with Crippen molar-refractivity contribution >= 4 is 24.4 Å². The molecule has 56 heavy (non-hydrogen) atoms. The van der Waals surface area contributed by atoms with Crippen LogP contribution in [0.5, 0.6) is 0 Å². The number of ether oxygens (including phenoxy) is 4. The molecule has 2 saturated heterocycles. The molecular weight excluding hydrogens is 734 g/mol. The molecule has 0 amide bonds. The summed E-state index contributed by atoms with van der Waals surface area (Å²) >= 11 is 0. The van der Waals surface area contributed by atoms with Gasteiger partial charge in [-0.15, -0.1) is 0 Å². The van der Waals surface area contributed by atoms with Crippen LogP contribution in [0.15, 0.2) is 39.9 Å². The zero-order valence-corrected chi connectivity index (χ0v) is 32.7. The first-order valence-electron chi connectivity index (χ1n) is 18.8. The molecule has 15 atom stereocenters. The van der Waals surface area contributed by atoms with Crippen LogP contribution in [-0.4, -0.2) is 159 Å². The third-order valence-corrected chi connectivity index (χ3v) is 10.6. The number of carbonyl (C=O) groups excluding carboxylic acids is 1. The van der Waals surface area contributed by atoms with Crippen LogP contribution in [0, 0.1) is 22.7 Å². The number of allylic oxidation sites excluding steroid dienone is 6. The summed E-state index contributed by atoms with van der Waals surface area (Å²) in [5.74, 6) is -2.94. The lowest BCUT2D eigenvalue weighted by atomic mass is 9.76. The molecule has 318 valence electrons. The maximum atomic E-state index is 12.4. The highest BCUT2D eigenvalue weighted by atomic mass is 16.8. The first-order valence-corrected chi connectivity index (χ1v) is 18.8. The molecule has 1 aliphatic carbocycles. The molecule has 1 saturated carbocycles. The first-order chi connectivity index (χ1) is 26.4. The number of nitrogens with zero attached hydrogens (tertiary/aromatic N) is 1. The maximum Gasteiger partial charge on any atom is 0.215 e. The van der Waals surface area contributed by atoms with E-state index >= 15 is 0 Å². The molecule has 19 heteroatoms. The number of aliphatic imine (C=N–C) groups is 1. The van der Waals surface area contributed by atoms with Gasteiger partial charge in [-0.05, 0) is 59.5 Å². The van der Waals surface area contributed by atoms with E-state index in [0.717, 1.165) is 31.3 Å². The number of hydrogen-bond acceptors (Lipinski definition) is 15. The fourth-order valence-electron chi connectivity index (χ4n) is 7.11. The quantitative estimate of drug-likeness (QED) is 0.0328. The van der Waals surface area contributed by atoms with E-state index in [1.807, 2.05) is 6.92 Å². The average molecular weight is 798 g/mol. The highest BCUT2D eigenvalue weighted by Gasteiger charge is 2.61. The largest absolute Gasteiger partial charge is 0.394 e. The number of hydrogen-bond donors (Lipinski definition) is 13. The Morgan fingerprint density at radius 2 is 1.54 bits per heavy atom. The van der Waals surface area contributed by atoms with E-state index in [9.17, 15) is 40.5 Å². The van der Waals surface area contributed by atoms with Crippen LogP contribution in [-0.2, 0) is 23.7 Å². The molecule has 3 rings (SSSR count). The second-order valence-electron chi connectivity index (χ2n) is 15.1. The third kappa shape index (κ3) is 11.7. The summed E-state index contributed by atoms with van der Waals surface area (Å²) in [4.78, 5) is 16.5. The van der Waals surface area contributed by atoms with Gasteiger partial charge in [0.15, 0.2) is 30.4 Å². The summed E-state index contributed by atoms with van der Waals surface area (Å²) < 4.78 is 23.4. The van der Waals surface area contributed by atoms with Gasteiger partial charge in [0.05, 0.1) is 49.5 Å². The van der Waals surface area contributed by atoms with Crippen LogP contribution >= 0.6 is 0 Å². The Kier molecular flexibility index (Phi) is 18.2. The fraction of sp³-hybridized carbons (Fsp3) is 0.730. The normalized spacial score (nSPS) is 38.0. The summed E-state index contributed by atoms with van der Waals surface area (Å²) in [5.41, 5.74) is 12.5. The molecule has 19 nitrogen and oxygen atoms in total. The minimum atomic E-state index is -2.60. The topological polar surface area (TPSA) is 332 Å². The standard InChI is InChI=1S/C37H63N7O12/c1-18(2)8-6-9-19(3)10-7-11-20(4)12-13-42-36(41)44-25-21(5)27(48)31(26(30(25)51)43-35(39)40)55-34-32(37(52,17-47)24(16-46)54-34)56-33-22(14-38)28(49)29(50)23(15-45)53-33/h8,10,12-13,17,21-34,45-46,48-52H,6-7,9,11,14-16,38H2,1-5H3,(H2,41,44)(H4,39,40,43)/b19-10+,20-12+,42-13?. The molecule has 0 radical (unpaired) electrons. The Morgan fingerprint density at radius 3 is 2.12 bits per heavy atom. The smallest absolute Gasteiger partial charge is 0.215 e. The summed E-state index contributed by atoms with van der Waals surface area (Å²) in [7, 11) is 0. The SMILES string of the molecule is CC(C)=CCC/C(C)=C/CC/C(C)=C/C=NC(=N)NC1C(C)C(O)C(OC2OC(CO)C(O)(C=O)C2OC2OC(CO)C(O)C(O)C2CN)C(NC(=N)N)C1O.